The molecule has 0 aliphatic heterocycles. The summed E-state index contributed by atoms with van der Waals surface area (Å²) in [5, 5.41) is 0.554. The molecule has 3 aromatic rings. The molecule has 134 valence electrons. The highest BCUT2D eigenvalue weighted by atomic mass is 16.2. The van der Waals surface area contributed by atoms with Crippen LogP contribution < -0.4 is 5.56 Å². The predicted molar refractivity (Wildman–Crippen MR) is 103 cm³/mol. The van der Waals surface area contributed by atoms with Gasteiger partial charge in [-0.15, -0.1) is 0 Å². The molecule has 0 bridgehead atoms. The van der Waals surface area contributed by atoms with Crippen molar-refractivity contribution in [1.29, 1.82) is 0 Å². The third kappa shape index (κ3) is 3.82. The second kappa shape index (κ2) is 7.95. The van der Waals surface area contributed by atoms with E-state index in [1.165, 1.54) is 0 Å². The molecule has 0 aliphatic carbocycles. The zero-order valence-electron chi connectivity index (χ0n) is 15.1. The van der Waals surface area contributed by atoms with Crippen LogP contribution in [0.3, 0.4) is 0 Å². The van der Waals surface area contributed by atoms with Crippen molar-refractivity contribution in [3.05, 3.63) is 76.3 Å². The zero-order chi connectivity index (χ0) is 18.5. The SMILES string of the molecule is CCCC(C(=O)N(C)Cc1nc2ccccc2c(=O)[nH]1)c1ccccc1. The van der Waals surface area contributed by atoms with Crippen LogP contribution in [0.15, 0.2) is 59.4 Å². The van der Waals surface area contributed by atoms with Gasteiger partial charge in [0.15, 0.2) is 0 Å². The molecule has 5 heteroatoms. The second-order valence-electron chi connectivity index (χ2n) is 6.48. The molecule has 1 heterocycles. The van der Waals surface area contributed by atoms with Gasteiger partial charge in [-0.25, -0.2) is 4.98 Å². The average molecular weight is 349 g/mol. The molecule has 3 rings (SSSR count). The molecule has 0 saturated carbocycles. The Hall–Kier alpha value is -2.95. The number of para-hydroxylation sites is 1. The molecule has 1 N–H and O–H groups in total. The molecule has 0 radical (unpaired) electrons. The zero-order valence-corrected chi connectivity index (χ0v) is 15.1. The molecular weight excluding hydrogens is 326 g/mol. The van der Waals surface area contributed by atoms with Crippen molar-refractivity contribution in [3.63, 3.8) is 0 Å². The molecule has 1 unspecified atom stereocenters. The van der Waals surface area contributed by atoms with Crippen molar-refractivity contribution >= 4 is 16.8 Å². The van der Waals surface area contributed by atoms with Crippen LogP contribution in [0.1, 0.15) is 37.1 Å². The summed E-state index contributed by atoms with van der Waals surface area (Å²) in [6, 6.07) is 17.0. The van der Waals surface area contributed by atoms with Gasteiger partial charge in [-0.2, -0.15) is 0 Å². The standard InChI is InChI=1S/C21H23N3O2/c1-3-9-16(15-10-5-4-6-11-15)21(26)24(2)14-19-22-18-13-8-7-12-17(18)20(25)23-19/h4-8,10-13,16H,3,9,14H2,1-2H3,(H,22,23,25). The van der Waals surface area contributed by atoms with Gasteiger partial charge in [0.05, 0.1) is 23.4 Å². The van der Waals surface area contributed by atoms with E-state index in [-0.39, 0.29) is 23.9 Å². The number of fused-ring (bicyclic) bond motifs is 1. The molecule has 5 nitrogen and oxygen atoms in total. The van der Waals surface area contributed by atoms with Crippen LogP contribution in [-0.4, -0.2) is 27.8 Å². The molecule has 0 saturated heterocycles. The van der Waals surface area contributed by atoms with Crippen LogP contribution in [0, 0.1) is 0 Å². The number of amides is 1. The number of nitrogens with one attached hydrogen (secondary N) is 1. The topological polar surface area (TPSA) is 66.1 Å². The number of hydrogen-bond donors (Lipinski definition) is 1. The van der Waals surface area contributed by atoms with Crippen LogP contribution in [0.2, 0.25) is 0 Å². The Morgan fingerprint density at radius 1 is 1.12 bits per heavy atom. The van der Waals surface area contributed by atoms with Crippen molar-refractivity contribution < 1.29 is 4.79 Å². The van der Waals surface area contributed by atoms with E-state index in [9.17, 15) is 9.59 Å². The van der Waals surface area contributed by atoms with Gasteiger partial charge < -0.3 is 9.88 Å². The fourth-order valence-corrected chi connectivity index (χ4v) is 3.19. The number of carbonyl (C=O) groups excluding carboxylic acids is 1. The Morgan fingerprint density at radius 2 is 1.81 bits per heavy atom. The molecule has 0 fully saturated rings. The Morgan fingerprint density at radius 3 is 2.54 bits per heavy atom. The molecule has 0 spiro atoms. The smallest absolute Gasteiger partial charge is 0.258 e. The Labute approximate surface area is 152 Å². The van der Waals surface area contributed by atoms with E-state index < -0.39 is 0 Å². The number of aromatic nitrogens is 2. The first-order valence-corrected chi connectivity index (χ1v) is 8.88. The largest absolute Gasteiger partial charge is 0.338 e. The Balaban J connectivity index is 1.83. The van der Waals surface area contributed by atoms with Crippen LogP contribution in [0.5, 0.6) is 0 Å². The summed E-state index contributed by atoms with van der Waals surface area (Å²) in [6.07, 6.45) is 1.71. The quantitative estimate of drug-likeness (QED) is 0.741. The number of nitrogens with zero attached hydrogens (tertiary/aromatic N) is 2. The van der Waals surface area contributed by atoms with Crippen LogP contribution >= 0.6 is 0 Å². The van der Waals surface area contributed by atoms with Gasteiger partial charge in [-0.3, -0.25) is 9.59 Å². The normalized spacial score (nSPS) is 12.1. The average Bonchev–Trinajstić information content (AvgIpc) is 2.66. The minimum absolute atomic E-state index is 0.0360. The third-order valence-corrected chi connectivity index (χ3v) is 4.50. The highest BCUT2D eigenvalue weighted by Crippen LogP contribution is 2.23. The summed E-state index contributed by atoms with van der Waals surface area (Å²) in [5.41, 5.74) is 1.48. The van der Waals surface area contributed by atoms with E-state index >= 15 is 0 Å². The number of likely N-dealkylation sites (N-methyl/N-ethyl adjacent to an activating group) is 1. The van der Waals surface area contributed by atoms with Gasteiger partial charge in [-0.1, -0.05) is 55.8 Å². The summed E-state index contributed by atoms with van der Waals surface area (Å²) in [4.78, 5) is 34.1. The summed E-state index contributed by atoms with van der Waals surface area (Å²) in [6.45, 7) is 2.34. The Kier molecular flexibility index (Phi) is 5.46. The lowest BCUT2D eigenvalue weighted by atomic mass is 9.93. The molecule has 26 heavy (non-hydrogen) atoms. The van der Waals surface area contributed by atoms with E-state index in [0.717, 1.165) is 18.4 Å². The van der Waals surface area contributed by atoms with Crippen LogP contribution in [-0.2, 0) is 11.3 Å². The fourth-order valence-electron chi connectivity index (χ4n) is 3.19. The number of rotatable bonds is 6. The molecule has 1 atom stereocenters. The molecule has 1 aromatic heterocycles. The van der Waals surface area contributed by atoms with Gasteiger partial charge in [0, 0.05) is 7.05 Å². The van der Waals surface area contributed by atoms with Crippen molar-refractivity contribution in [1.82, 2.24) is 14.9 Å². The second-order valence-corrected chi connectivity index (χ2v) is 6.48. The number of carbonyl (C=O) groups is 1. The summed E-state index contributed by atoms with van der Waals surface area (Å²) in [5.74, 6) is 0.347. The maximum absolute atomic E-state index is 13.0. The first-order chi connectivity index (χ1) is 12.6. The molecule has 2 aromatic carbocycles. The molecule has 1 amide bonds. The van der Waals surface area contributed by atoms with Gasteiger partial charge >= 0.3 is 0 Å². The lowest BCUT2D eigenvalue weighted by molar-refractivity contribution is -0.132. The summed E-state index contributed by atoms with van der Waals surface area (Å²) < 4.78 is 0. The lowest BCUT2D eigenvalue weighted by Gasteiger charge is -2.23. The number of hydrogen-bond acceptors (Lipinski definition) is 3. The minimum atomic E-state index is -0.182. The predicted octanol–water partition coefficient (Wildman–Crippen LogP) is 3.47. The highest BCUT2D eigenvalue weighted by molar-refractivity contribution is 5.83. The summed E-state index contributed by atoms with van der Waals surface area (Å²) >= 11 is 0. The van der Waals surface area contributed by atoms with Gasteiger partial charge in [-0.05, 0) is 24.1 Å². The van der Waals surface area contributed by atoms with Crippen molar-refractivity contribution in [3.8, 4) is 0 Å². The van der Waals surface area contributed by atoms with E-state index in [4.69, 9.17) is 0 Å². The van der Waals surface area contributed by atoms with Gasteiger partial charge in [0.2, 0.25) is 5.91 Å². The minimum Gasteiger partial charge on any atom is -0.338 e. The van der Waals surface area contributed by atoms with Gasteiger partial charge in [0.25, 0.3) is 5.56 Å². The van der Waals surface area contributed by atoms with Gasteiger partial charge in [0.1, 0.15) is 5.82 Å². The maximum Gasteiger partial charge on any atom is 0.258 e. The monoisotopic (exact) mass is 349 g/mol. The van der Waals surface area contributed by atoms with E-state index in [1.54, 1.807) is 24.1 Å². The number of aromatic amines is 1. The summed E-state index contributed by atoms with van der Waals surface area (Å²) in [7, 11) is 1.75. The van der Waals surface area contributed by atoms with E-state index in [0.29, 0.717) is 16.7 Å². The third-order valence-electron chi connectivity index (χ3n) is 4.50. The molecule has 0 aliphatic rings. The van der Waals surface area contributed by atoms with E-state index in [1.807, 2.05) is 42.5 Å². The van der Waals surface area contributed by atoms with Crippen molar-refractivity contribution in [2.24, 2.45) is 0 Å². The lowest BCUT2D eigenvalue weighted by Crippen LogP contribution is -2.32. The molecular formula is C21H23N3O2. The van der Waals surface area contributed by atoms with Crippen molar-refractivity contribution in [2.45, 2.75) is 32.2 Å². The first-order valence-electron chi connectivity index (χ1n) is 8.88. The number of benzene rings is 2. The number of H-pyrrole nitrogens is 1. The first kappa shape index (κ1) is 17.9. The van der Waals surface area contributed by atoms with Crippen LogP contribution in [0.4, 0.5) is 0 Å². The highest BCUT2D eigenvalue weighted by Gasteiger charge is 2.23. The fraction of sp³-hybridized carbons (Fsp3) is 0.286. The maximum atomic E-state index is 13.0. The van der Waals surface area contributed by atoms with Crippen LogP contribution in [0.25, 0.3) is 10.9 Å². The Bertz CT molecular complexity index is 950. The van der Waals surface area contributed by atoms with Crippen molar-refractivity contribution in [2.75, 3.05) is 7.05 Å². The van der Waals surface area contributed by atoms with E-state index in [2.05, 4.69) is 16.9 Å².